The zero-order valence-electron chi connectivity index (χ0n) is 10.9. The molecule has 1 N–H and O–H groups in total. The highest BCUT2D eigenvalue weighted by molar-refractivity contribution is 5.21. The Kier molecular flexibility index (Phi) is 4.19. The molecule has 2 atom stereocenters. The topological polar surface area (TPSA) is 23.5 Å². The van der Waals surface area contributed by atoms with Gasteiger partial charge >= 0.3 is 0 Å². The number of rotatable bonds is 3. The standard InChI is InChI=1S/C15H23NO/c1-12-7-9-13(10-8-12)11-16(2)14-5-3-4-6-15(14)17/h7-10,14-15,17H,3-6,11H2,1-2H3. The van der Waals surface area contributed by atoms with Crippen LogP contribution in [0.5, 0.6) is 0 Å². The largest absolute Gasteiger partial charge is 0.391 e. The quantitative estimate of drug-likeness (QED) is 0.867. The van der Waals surface area contributed by atoms with E-state index in [2.05, 4.69) is 43.1 Å². The van der Waals surface area contributed by atoms with E-state index in [-0.39, 0.29) is 6.10 Å². The van der Waals surface area contributed by atoms with Crippen LogP contribution in [0.1, 0.15) is 36.8 Å². The van der Waals surface area contributed by atoms with E-state index in [1.807, 2.05) is 0 Å². The Bertz CT molecular complexity index is 346. The zero-order valence-corrected chi connectivity index (χ0v) is 10.9. The van der Waals surface area contributed by atoms with Crippen molar-refractivity contribution in [3.8, 4) is 0 Å². The van der Waals surface area contributed by atoms with Crippen molar-refractivity contribution in [2.75, 3.05) is 7.05 Å². The lowest BCUT2D eigenvalue weighted by Crippen LogP contribution is -2.42. The lowest BCUT2D eigenvalue weighted by Gasteiger charge is -2.35. The van der Waals surface area contributed by atoms with Crippen molar-refractivity contribution in [1.29, 1.82) is 0 Å². The first-order valence-electron chi connectivity index (χ1n) is 6.60. The number of aryl methyl sites for hydroxylation is 1. The van der Waals surface area contributed by atoms with Gasteiger partial charge in [0.05, 0.1) is 6.10 Å². The van der Waals surface area contributed by atoms with Crippen LogP contribution in [0.25, 0.3) is 0 Å². The van der Waals surface area contributed by atoms with Gasteiger partial charge in [-0.25, -0.2) is 0 Å². The predicted molar refractivity (Wildman–Crippen MR) is 70.9 cm³/mol. The summed E-state index contributed by atoms with van der Waals surface area (Å²) in [6, 6.07) is 9.01. The second kappa shape index (κ2) is 5.65. The van der Waals surface area contributed by atoms with Crippen LogP contribution in [0.15, 0.2) is 24.3 Å². The minimum Gasteiger partial charge on any atom is -0.391 e. The Labute approximate surface area is 104 Å². The van der Waals surface area contributed by atoms with E-state index >= 15 is 0 Å². The smallest absolute Gasteiger partial charge is 0.0695 e. The normalized spacial score (nSPS) is 25.2. The van der Waals surface area contributed by atoms with E-state index in [4.69, 9.17) is 0 Å². The Morgan fingerprint density at radius 2 is 1.82 bits per heavy atom. The fraction of sp³-hybridized carbons (Fsp3) is 0.600. The molecule has 1 aromatic carbocycles. The molecule has 0 aromatic heterocycles. The molecule has 17 heavy (non-hydrogen) atoms. The summed E-state index contributed by atoms with van der Waals surface area (Å²) >= 11 is 0. The molecule has 0 amide bonds. The number of benzene rings is 1. The van der Waals surface area contributed by atoms with Crippen LogP contribution in [-0.2, 0) is 6.54 Å². The summed E-state index contributed by atoms with van der Waals surface area (Å²) < 4.78 is 0. The highest BCUT2D eigenvalue weighted by atomic mass is 16.3. The predicted octanol–water partition coefficient (Wildman–Crippen LogP) is 2.73. The molecule has 0 heterocycles. The SMILES string of the molecule is Cc1ccc(CN(C)C2CCCCC2O)cc1. The fourth-order valence-electron chi connectivity index (χ4n) is 2.70. The molecule has 0 bridgehead atoms. The summed E-state index contributed by atoms with van der Waals surface area (Å²) in [5.41, 5.74) is 2.63. The second-order valence-electron chi connectivity index (χ2n) is 5.32. The van der Waals surface area contributed by atoms with Crippen molar-refractivity contribution in [1.82, 2.24) is 4.90 Å². The first-order chi connectivity index (χ1) is 8.16. The van der Waals surface area contributed by atoms with E-state index in [1.165, 1.54) is 24.0 Å². The summed E-state index contributed by atoms with van der Waals surface area (Å²) in [5, 5.41) is 10.0. The molecule has 0 saturated heterocycles. The van der Waals surface area contributed by atoms with Gasteiger partial charge in [-0.2, -0.15) is 0 Å². The van der Waals surface area contributed by atoms with Crippen molar-refractivity contribution in [2.45, 2.75) is 51.3 Å². The van der Waals surface area contributed by atoms with Crippen LogP contribution in [-0.4, -0.2) is 29.2 Å². The lowest BCUT2D eigenvalue weighted by molar-refractivity contribution is 0.0288. The molecular weight excluding hydrogens is 210 g/mol. The first kappa shape index (κ1) is 12.6. The molecule has 1 fully saturated rings. The van der Waals surface area contributed by atoms with Gasteiger partial charge in [0.25, 0.3) is 0 Å². The fourth-order valence-corrected chi connectivity index (χ4v) is 2.70. The molecule has 2 unspecified atom stereocenters. The van der Waals surface area contributed by atoms with Crippen molar-refractivity contribution < 1.29 is 5.11 Å². The molecule has 1 aliphatic carbocycles. The molecule has 0 aliphatic heterocycles. The molecule has 2 nitrogen and oxygen atoms in total. The molecule has 94 valence electrons. The number of hydrogen-bond acceptors (Lipinski definition) is 2. The Morgan fingerprint density at radius 1 is 1.18 bits per heavy atom. The first-order valence-corrected chi connectivity index (χ1v) is 6.60. The maximum atomic E-state index is 10.0. The summed E-state index contributed by atoms with van der Waals surface area (Å²) in [6.45, 7) is 3.04. The van der Waals surface area contributed by atoms with Gasteiger partial charge in [-0.1, -0.05) is 42.7 Å². The van der Waals surface area contributed by atoms with E-state index < -0.39 is 0 Å². The third-order valence-electron chi connectivity index (χ3n) is 3.81. The van der Waals surface area contributed by atoms with Crippen LogP contribution < -0.4 is 0 Å². The highest BCUT2D eigenvalue weighted by Crippen LogP contribution is 2.23. The van der Waals surface area contributed by atoms with E-state index in [0.29, 0.717) is 6.04 Å². The van der Waals surface area contributed by atoms with Crippen molar-refractivity contribution in [2.24, 2.45) is 0 Å². The van der Waals surface area contributed by atoms with Gasteiger partial charge in [0, 0.05) is 12.6 Å². The third-order valence-corrected chi connectivity index (χ3v) is 3.81. The lowest BCUT2D eigenvalue weighted by atomic mass is 9.91. The molecule has 0 radical (unpaired) electrons. The molecule has 1 aliphatic rings. The number of aliphatic hydroxyl groups excluding tert-OH is 1. The van der Waals surface area contributed by atoms with Gasteiger partial charge in [0.15, 0.2) is 0 Å². The third kappa shape index (κ3) is 3.30. The van der Waals surface area contributed by atoms with Crippen molar-refractivity contribution in [3.05, 3.63) is 35.4 Å². The minimum atomic E-state index is -0.140. The Morgan fingerprint density at radius 3 is 2.47 bits per heavy atom. The monoisotopic (exact) mass is 233 g/mol. The summed E-state index contributed by atoms with van der Waals surface area (Å²) in [4.78, 5) is 2.30. The number of nitrogens with zero attached hydrogens (tertiary/aromatic N) is 1. The number of hydrogen-bond donors (Lipinski definition) is 1. The Hall–Kier alpha value is -0.860. The van der Waals surface area contributed by atoms with Crippen LogP contribution in [0.2, 0.25) is 0 Å². The second-order valence-corrected chi connectivity index (χ2v) is 5.32. The van der Waals surface area contributed by atoms with Gasteiger partial charge in [0.1, 0.15) is 0 Å². The average Bonchev–Trinajstić information content (AvgIpc) is 2.32. The molecular formula is C15H23NO. The molecule has 1 saturated carbocycles. The summed E-state index contributed by atoms with van der Waals surface area (Å²) in [5.74, 6) is 0. The molecule has 2 rings (SSSR count). The maximum absolute atomic E-state index is 10.0. The molecule has 0 spiro atoms. The van der Waals surface area contributed by atoms with Crippen molar-refractivity contribution >= 4 is 0 Å². The van der Waals surface area contributed by atoms with Crippen LogP contribution in [0.4, 0.5) is 0 Å². The van der Waals surface area contributed by atoms with Gasteiger partial charge in [0.2, 0.25) is 0 Å². The summed E-state index contributed by atoms with van der Waals surface area (Å²) in [6.07, 6.45) is 4.38. The van der Waals surface area contributed by atoms with E-state index in [9.17, 15) is 5.11 Å². The van der Waals surface area contributed by atoms with Gasteiger partial charge in [-0.15, -0.1) is 0 Å². The van der Waals surface area contributed by atoms with E-state index in [0.717, 1.165) is 19.4 Å². The minimum absolute atomic E-state index is 0.140. The maximum Gasteiger partial charge on any atom is 0.0695 e. The van der Waals surface area contributed by atoms with Gasteiger partial charge < -0.3 is 5.11 Å². The number of likely N-dealkylation sites (N-methyl/N-ethyl adjacent to an activating group) is 1. The van der Waals surface area contributed by atoms with Crippen LogP contribution >= 0.6 is 0 Å². The zero-order chi connectivity index (χ0) is 12.3. The van der Waals surface area contributed by atoms with Crippen molar-refractivity contribution in [3.63, 3.8) is 0 Å². The van der Waals surface area contributed by atoms with Crippen LogP contribution in [0, 0.1) is 6.92 Å². The average molecular weight is 233 g/mol. The molecule has 2 heteroatoms. The number of aliphatic hydroxyl groups is 1. The van der Waals surface area contributed by atoms with Gasteiger partial charge in [-0.3, -0.25) is 4.90 Å². The summed E-state index contributed by atoms with van der Waals surface area (Å²) in [7, 11) is 2.12. The molecule has 1 aromatic rings. The van der Waals surface area contributed by atoms with Crippen LogP contribution in [0.3, 0.4) is 0 Å². The Balaban J connectivity index is 1.95. The van der Waals surface area contributed by atoms with E-state index in [1.54, 1.807) is 0 Å². The highest BCUT2D eigenvalue weighted by Gasteiger charge is 2.26. The van der Waals surface area contributed by atoms with Gasteiger partial charge in [-0.05, 0) is 32.4 Å².